The maximum absolute atomic E-state index is 5.79. The Morgan fingerprint density at radius 2 is 1.81 bits per heavy atom. The lowest BCUT2D eigenvalue weighted by molar-refractivity contribution is 0.240. The van der Waals surface area contributed by atoms with Gasteiger partial charge in [0.05, 0.1) is 19.2 Å². The van der Waals surface area contributed by atoms with Gasteiger partial charge in [0.15, 0.2) is 0 Å². The Morgan fingerprint density at radius 3 is 2.48 bits per heavy atom. The summed E-state index contributed by atoms with van der Waals surface area (Å²) in [6.45, 7) is 7.14. The lowest BCUT2D eigenvalue weighted by atomic mass is 10.2. The number of rotatable bonds is 8. The molecule has 5 nitrogen and oxygen atoms in total. The molecule has 1 aromatic carbocycles. The van der Waals surface area contributed by atoms with Gasteiger partial charge in [-0.2, -0.15) is 0 Å². The fraction of sp³-hybridized carbons (Fsp3) is 0.500. The molecule has 0 aliphatic heterocycles. The van der Waals surface area contributed by atoms with Gasteiger partial charge in [-0.15, -0.1) is 10.2 Å². The van der Waals surface area contributed by atoms with Crippen molar-refractivity contribution in [1.29, 1.82) is 0 Å². The van der Waals surface area contributed by atoms with Gasteiger partial charge >= 0.3 is 0 Å². The molecule has 0 radical (unpaired) electrons. The zero-order valence-electron chi connectivity index (χ0n) is 13.0. The zero-order chi connectivity index (χ0) is 15.1. The molecule has 0 amide bonds. The maximum atomic E-state index is 5.79. The molecular weight excluding hydrogens is 266 g/mol. The van der Waals surface area contributed by atoms with E-state index in [1.807, 2.05) is 24.3 Å². The van der Waals surface area contributed by atoms with Crippen LogP contribution in [0.2, 0.25) is 0 Å². The number of methoxy groups -OCH3 is 1. The standard InChI is InChI=1S/C16H23N3O2/c1-4-10-19(11-5-2)12-15-17-18-16(21-15)13-8-6-7-9-14(13)20-3/h6-9H,4-5,10-12H2,1-3H3. The average Bonchev–Trinajstić information content (AvgIpc) is 2.96. The molecular formula is C16H23N3O2. The first-order valence-corrected chi connectivity index (χ1v) is 7.46. The van der Waals surface area contributed by atoms with Crippen molar-refractivity contribution in [2.45, 2.75) is 33.2 Å². The van der Waals surface area contributed by atoms with Gasteiger partial charge < -0.3 is 9.15 Å². The monoisotopic (exact) mass is 289 g/mol. The van der Waals surface area contributed by atoms with Crippen LogP contribution in [-0.2, 0) is 6.54 Å². The number of hydrogen-bond donors (Lipinski definition) is 0. The van der Waals surface area contributed by atoms with Crippen molar-refractivity contribution in [3.05, 3.63) is 30.2 Å². The first-order valence-electron chi connectivity index (χ1n) is 7.46. The minimum atomic E-state index is 0.510. The van der Waals surface area contributed by atoms with Gasteiger partial charge in [-0.25, -0.2) is 0 Å². The molecule has 1 aromatic heterocycles. The van der Waals surface area contributed by atoms with E-state index < -0.39 is 0 Å². The molecule has 0 saturated heterocycles. The highest BCUT2D eigenvalue weighted by atomic mass is 16.5. The van der Waals surface area contributed by atoms with Crippen molar-refractivity contribution in [1.82, 2.24) is 15.1 Å². The summed E-state index contributed by atoms with van der Waals surface area (Å²) in [6, 6.07) is 7.66. The molecule has 0 unspecified atom stereocenters. The fourth-order valence-electron chi connectivity index (χ4n) is 2.34. The Bertz CT molecular complexity index is 548. The van der Waals surface area contributed by atoms with E-state index in [0.717, 1.165) is 37.2 Å². The molecule has 114 valence electrons. The van der Waals surface area contributed by atoms with Crippen LogP contribution in [0.15, 0.2) is 28.7 Å². The van der Waals surface area contributed by atoms with Crippen LogP contribution in [0.1, 0.15) is 32.6 Å². The van der Waals surface area contributed by atoms with Crippen molar-refractivity contribution >= 4 is 0 Å². The Kier molecular flexibility index (Phi) is 5.75. The first-order chi connectivity index (χ1) is 10.3. The lowest BCUT2D eigenvalue weighted by Gasteiger charge is -2.18. The molecule has 1 heterocycles. The molecule has 0 N–H and O–H groups in total. The van der Waals surface area contributed by atoms with Crippen LogP contribution in [0.3, 0.4) is 0 Å². The number of benzene rings is 1. The summed E-state index contributed by atoms with van der Waals surface area (Å²) in [5.41, 5.74) is 0.830. The average molecular weight is 289 g/mol. The van der Waals surface area contributed by atoms with Gasteiger partial charge in [0, 0.05) is 0 Å². The van der Waals surface area contributed by atoms with Gasteiger partial charge in [0.1, 0.15) is 5.75 Å². The molecule has 2 aromatic rings. The minimum absolute atomic E-state index is 0.510. The summed E-state index contributed by atoms with van der Waals surface area (Å²) >= 11 is 0. The maximum Gasteiger partial charge on any atom is 0.251 e. The van der Waals surface area contributed by atoms with Gasteiger partial charge in [-0.3, -0.25) is 4.90 Å². The Morgan fingerprint density at radius 1 is 1.10 bits per heavy atom. The first kappa shape index (κ1) is 15.5. The van der Waals surface area contributed by atoms with Crippen LogP contribution >= 0.6 is 0 Å². The molecule has 0 aliphatic carbocycles. The Labute approximate surface area is 125 Å². The summed E-state index contributed by atoms with van der Waals surface area (Å²) in [7, 11) is 1.64. The van der Waals surface area contributed by atoms with E-state index in [-0.39, 0.29) is 0 Å². The number of para-hydroxylation sites is 1. The highest BCUT2D eigenvalue weighted by Crippen LogP contribution is 2.28. The third-order valence-electron chi connectivity index (χ3n) is 3.24. The molecule has 0 fully saturated rings. The van der Waals surface area contributed by atoms with Crippen LogP contribution in [-0.4, -0.2) is 35.3 Å². The summed E-state index contributed by atoms with van der Waals surface area (Å²) in [5, 5.41) is 8.30. The zero-order valence-corrected chi connectivity index (χ0v) is 13.0. The van der Waals surface area contributed by atoms with E-state index in [0.29, 0.717) is 18.3 Å². The molecule has 5 heteroatoms. The molecule has 0 bridgehead atoms. The van der Waals surface area contributed by atoms with E-state index in [9.17, 15) is 0 Å². The summed E-state index contributed by atoms with van der Waals surface area (Å²) in [6.07, 6.45) is 2.24. The summed E-state index contributed by atoms with van der Waals surface area (Å²) < 4.78 is 11.1. The van der Waals surface area contributed by atoms with Crippen LogP contribution in [0, 0.1) is 0 Å². The normalized spacial score (nSPS) is 11.0. The quantitative estimate of drug-likeness (QED) is 0.745. The molecule has 0 saturated carbocycles. The lowest BCUT2D eigenvalue weighted by Crippen LogP contribution is -2.25. The highest BCUT2D eigenvalue weighted by molar-refractivity contribution is 5.62. The summed E-state index contributed by atoms with van der Waals surface area (Å²) in [4.78, 5) is 2.33. The molecule has 0 spiro atoms. The topological polar surface area (TPSA) is 51.4 Å². The van der Waals surface area contributed by atoms with Gasteiger partial charge in [-0.1, -0.05) is 26.0 Å². The van der Waals surface area contributed by atoms with Crippen LogP contribution in [0.4, 0.5) is 0 Å². The fourth-order valence-corrected chi connectivity index (χ4v) is 2.34. The number of nitrogens with zero attached hydrogens (tertiary/aromatic N) is 3. The molecule has 0 aliphatic rings. The largest absolute Gasteiger partial charge is 0.496 e. The van der Waals surface area contributed by atoms with E-state index in [2.05, 4.69) is 28.9 Å². The number of hydrogen-bond acceptors (Lipinski definition) is 5. The van der Waals surface area contributed by atoms with Crippen molar-refractivity contribution in [3.8, 4) is 17.2 Å². The van der Waals surface area contributed by atoms with Crippen LogP contribution in [0.5, 0.6) is 5.75 Å². The van der Waals surface area contributed by atoms with Gasteiger partial charge in [0.25, 0.3) is 5.89 Å². The van der Waals surface area contributed by atoms with Gasteiger partial charge in [0.2, 0.25) is 5.89 Å². The van der Waals surface area contributed by atoms with E-state index in [4.69, 9.17) is 9.15 Å². The van der Waals surface area contributed by atoms with Crippen LogP contribution in [0.25, 0.3) is 11.5 Å². The highest BCUT2D eigenvalue weighted by Gasteiger charge is 2.14. The second-order valence-corrected chi connectivity index (χ2v) is 4.98. The van der Waals surface area contributed by atoms with E-state index in [1.165, 1.54) is 0 Å². The Balaban J connectivity index is 2.13. The second kappa shape index (κ2) is 7.78. The van der Waals surface area contributed by atoms with Crippen molar-refractivity contribution < 1.29 is 9.15 Å². The van der Waals surface area contributed by atoms with Crippen molar-refractivity contribution in [2.75, 3.05) is 20.2 Å². The molecule has 0 atom stereocenters. The predicted octanol–water partition coefficient (Wildman–Crippen LogP) is 3.37. The predicted molar refractivity (Wildman–Crippen MR) is 82.1 cm³/mol. The molecule has 2 rings (SSSR count). The van der Waals surface area contributed by atoms with Crippen molar-refractivity contribution in [2.24, 2.45) is 0 Å². The van der Waals surface area contributed by atoms with Gasteiger partial charge in [-0.05, 0) is 38.1 Å². The molecule has 21 heavy (non-hydrogen) atoms. The number of ether oxygens (including phenoxy) is 1. The van der Waals surface area contributed by atoms with Crippen LogP contribution < -0.4 is 4.74 Å². The van der Waals surface area contributed by atoms with E-state index >= 15 is 0 Å². The number of aromatic nitrogens is 2. The van der Waals surface area contributed by atoms with Crippen molar-refractivity contribution in [3.63, 3.8) is 0 Å². The third-order valence-corrected chi connectivity index (χ3v) is 3.24. The Hall–Kier alpha value is -1.88. The van der Waals surface area contributed by atoms with E-state index in [1.54, 1.807) is 7.11 Å². The summed E-state index contributed by atoms with van der Waals surface area (Å²) in [5.74, 6) is 1.90. The third kappa shape index (κ3) is 4.04. The minimum Gasteiger partial charge on any atom is -0.496 e. The SMILES string of the molecule is CCCN(CCC)Cc1nnc(-c2ccccc2OC)o1. The second-order valence-electron chi connectivity index (χ2n) is 4.98. The smallest absolute Gasteiger partial charge is 0.251 e.